The fourth-order valence-electron chi connectivity index (χ4n) is 3.17. The lowest BCUT2D eigenvalue weighted by Gasteiger charge is -2.01. The van der Waals surface area contributed by atoms with Crippen LogP contribution in [0.4, 0.5) is 0 Å². The van der Waals surface area contributed by atoms with Gasteiger partial charge in [0, 0.05) is 23.6 Å². The zero-order valence-corrected chi connectivity index (χ0v) is 17.8. The first-order chi connectivity index (χ1) is 16.2. The van der Waals surface area contributed by atoms with E-state index in [1.54, 1.807) is 0 Å². The summed E-state index contributed by atoms with van der Waals surface area (Å²) in [5.74, 6) is -0.549. The monoisotopic (exact) mass is 438 g/mol. The third-order valence-corrected chi connectivity index (χ3v) is 4.82. The van der Waals surface area contributed by atoms with Gasteiger partial charge in [-0.1, -0.05) is 48.5 Å². The number of hydrazone groups is 2. The molecule has 0 bridgehead atoms. The third-order valence-electron chi connectivity index (χ3n) is 4.82. The van der Waals surface area contributed by atoms with E-state index in [-0.39, 0.29) is 24.7 Å². The Morgan fingerprint density at radius 1 is 0.667 bits per heavy atom. The van der Waals surface area contributed by atoms with Crippen LogP contribution < -0.4 is 10.9 Å². The highest BCUT2D eigenvalue weighted by molar-refractivity contribution is 5.87. The molecule has 4 aromatic rings. The van der Waals surface area contributed by atoms with Crippen LogP contribution in [0, 0.1) is 0 Å². The molecule has 0 aliphatic heterocycles. The second-order valence-corrected chi connectivity index (χ2v) is 7.30. The fraction of sp³-hybridized carbons (Fsp3) is 0.120. The van der Waals surface area contributed by atoms with Gasteiger partial charge < -0.3 is 0 Å². The largest absolute Gasteiger partial charge is 0.273 e. The van der Waals surface area contributed by atoms with Crippen LogP contribution in [0.5, 0.6) is 0 Å². The van der Waals surface area contributed by atoms with Crippen molar-refractivity contribution in [3.8, 4) is 0 Å². The minimum absolute atomic E-state index is 0.172. The van der Waals surface area contributed by atoms with Crippen LogP contribution in [0.1, 0.15) is 30.7 Å². The van der Waals surface area contributed by atoms with Gasteiger partial charge in [0.05, 0.1) is 34.9 Å². The lowest BCUT2D eigenvalue weighted by Crippen LogP contribution is -2.20. The quantitative estimate of drug-likeness (QED) is 0.324. The topological polar surface area (TPSA) is 109 Å². The molecule has 8 heteroatoms. The second kappa shape index (κ2) is 10.7. The van der Waals surface area contributed by atoms with Crippen molar-refractivity contribution >= 4 is 46.0 Å². The van der Waals surface area contributed by atoms with Crippen molar-refractivity contribution in [3.63, 3.8) is 0 Å². The summed E-state index contributed by atoms with van der Waals surface area (Å²) in [5.41, 5.74) is 7.92. The normalized spacial score (nSPS) is 11.4. The Morgan fingerprint density at radius 3 is 1.61 bits per heavy atom. The number of hydrogen-bond donors (Lipinski definition) is 2. The number of rotatable bonds is 8. The van der Waals surface area contributed by atoms with E-state index in [9.17, 15) is 9.59 Å². The first-order valence-corrected chi connectivity index (χ1v) is 10.5. The number of fused-ring (bicyclic) bond motifs is 2. The summed E-state index contributed by atoms with van der Waals surface area (Å²) in [6.07, 6.45) is 3.71. The lowest BCUT2D eigenvalue weighted by molar-refractivity contribution is -0.122. The minimum atomic E-state index is -0.274. The molecule has 0 fully saturated rings. The number of pyridine rings is 2. The maximum absolute atomic E-state index is 11.9. The summed E-state index contributed by atoms with van der Waals surface area (Å²) in [6, 6.07) is 23.1. The second-order valence-electron chi connectivity index (χ2n) is 7.30. The van der Waals surface area contributed by atoms with Gasteiger partial charge in [-0.3, -0.25) is 9.59 Å². The van der Waals surface area contributed by atoms with E-state index in [0.717, 1.165) is 21.8 Å². The number of benzene rings is 2. The molecule has 0 spiro atoms. The number of carbonyl (C=O) groups excluding carboxylic acids is 2. The molecule has 0 unspecified atom stereocenters. The van der Waals surface area contributed by atoms with Crippen LogP contribution in [0.25, 0.3) is 21.8 Å². The maximum atomic E-state index is 11.9. The number of para-hydroxylation sites is 2. The van der Waals surface area contributed by atoms with E-state index in [2.05, 4.69) is 31.0 Å². The molecule has 0 radical (unpaired) electrons. The molecule has 2 amide bonds. The van der Waals surface area contributed by atoms with Gasteiger partial charge >= 0.3 is 0 Å². The molecule has 0 saturated heterocycles. The highest BCUT2D eigenvalue weighted by atomic mass is 16.2. The van der Waals surface area contributed by atoms with Crippen LogP contribution in [0.3, 0.4) is 0 Å². The molecule has 4 rings (SSSR count). The molecule has 0 aliphatic rings. The van der Waals surface area contributed by atoms with Crippen molar-refractivity contribution in [2.24, 2.45) is 10.2 Å². The Morgan fingerprint density at radius 2 is 1.12 bits per heavy atom. The van der Waals surface area contributed by atoms with Gasteiger partial charge in [-0.15, -0.1) is 0 Å². The van der Waals surface area contributed by atoms with Crippen molar-refractivity contribution in [1.29, 1.82) is 0 Å². The summed E-state index contributed by atoms with van der Waals surface area (Å²) >= 11 is 0. The van der Waals surface area contributed by atoms with Gasteiger partial charge in [0.25, 0.3) is 0 Å². The number of hydrogen-bond acceptors (Lipinski definition) is 6. The summed E-state index contributed by atoms with van der Waals surface area (Å²) in [4.78, 5) is 32.7. The molecule has 2 N–H and O–H groups in total. The molecule has 8 nitrogen and oxygen atoms in total. The number of amides is 2. The fourth-order valence-corrected chi connectivity index (χ4v) is 3.17. The molecule has 2 aromatic carbocycles. The van der Waals surface area contributed by atoms with Crippen molar-refractivity contribution in [1.82, 2.24) is 20.8 Å². The zero-order valence-electron chi connectivity index (χ0n) is 17.8. The van der Waals surface area contributed by atoms with Crippen LogP contribution in [0.2, 0.25) is 0 Å². The van der Waals surface area contributed by atoms with E-state index >= 15 is 0 Å². The maximum Gasteiger partial charge on any atom is 0.240 e. The minimum Gasteiger partial charge on any atom is -0.273 e. The Hall–Kier alpha value is -4.46. The predicted molar refractivity (Wildman–Crippen MR) is 129 cm³/mol. The SMILES string of the molecule is O=C(CCCC(=O)N/N=C/c1ccc2ccccc2n1)NN=Cc1ccc2ccccc2n1. The van der Waals surface area contributed by atoms with Gasteiger partial charge in [0.2, 0.25) is 11.8 Å². The zero-order chi connectivity index (χ0) is 22.9. The highest BCUT2D eigenvalue weighted by Crippen LogP contribution is 2.11. The van der Waals surface area contributed by atoms with E-state index in [1.807, 2.05) is 72.8 Å². The van der Waals surface area contributed by atoms with Crippen molar-refractivity contribution < 1.29 is 9.59 Å². The Labute approximate surface area is 190 Å². The summed E-state index contributed by atoms with van der Waals surface area (Å²) in [5, 5.41) is 9.94. The van der Waals surface area contributed by atoms with Gasteiger partial charge in [0.1, 0.15) is 0 Å². The first kappa shape index (κ1) is 21.8. The summed E-state index contributed by atoms with van der Waals surface area (Å²) in [6.45, 7) is 0. The molecular formula is C25H22N6O2. The molecule has 0 atom stereocenters. The predicted octanol–water partition coefficient (Wildman–Crippen LogP) is 3.55. The van der Waals surface area contributed by atoms with Crippen molar-refractivity contribution in [2.45, 2.75) is 19.3 Å². The smallest absolute Gasteiger partial charge is 0.240 e. The Bertz CT molecular complexity index is 1250. The average molecular weight is 438 g/mol. The van der Waals surface area contributed by atoms with Gasteiger partial charge in [0.15, 0.2) is 0 Å². The van der Waals surface area contributed by atoms with Gasteiger partial charge in [-0.25, -0.2) is 20.8 Å². The third kappa shape index (κ3) is 6.27. The molecule has 2 heterocycles. The van der Waals surface area contributed by atoms with Crippen molar-refractivity contribution in [3.05, 3.63) is 84.2 Å². The first-order valence-electron chi connectivity index (χ1n) is 10.5. The highest BCUT2D eigenvalue weighted by Gasteiger charge is 2.04. The van der Waals surface area contributed by atoms with Crippen LogP contribution in [-0.4, -0.2) is 34.2 Å². The molecule has 0 aliphatic carbocycles. The van der Waals surface area contributed by atoms with E-state index < -0.39 is 0 Å². The molecule has 164 valence electrons. The molecule has 2 aromatic heterocycles. The van der Waals surface area contributed by atoms with E-state index in [4.69, 9.17) is 0 Å². The number of aromatic nitrogens is 2. The van der Waals surface area contributed by atoms with Crippen LogP contribution in [0.15, 0.2) is 83.0 Å². The van der Waals surface area contributed by atoms with E-state index in [0.29, 0.717) is 17.8 Å². The van der Waals surface area contributed by atoms with Crippen LogP contribution in [-0.2, 0) is 9.59 Å². The summed E-state index contributed by atoms with van der Waals surface area (Å²) < 4.78 is 0. The van der Waals surface area contributed by atoms with Crippen molar-refractivity contribution in [2.75, 3.05) is 0 Å². The Kier molecular flexibility index (Phi) is 7.07. The molecule has 0 saturated carbocycles. The summed E-state index contributed by atoms with van der Waals surface area (Å²) in [7, 11) is 0. The number of nitrogens with zero attached hydrogens (tertiary/aromatic N) is 4. The average Bonchev–Trinajstić information content (AvgIpc) is 2.84. The molecule has 33 heavy (non-hydrogen) atoms. The van der Waals surface area contributed by atoms with E-state index in [1.165, 1.54) is 12.4 Å². The molecular weight excluding hydrogens is 416 g/mol. The van der Waals surface area contributed by atoms with Gasteiger partial charge in [-0.2, -0.15) is 10.2 Å². The Balaban J connectivity index is 1.16. The van der Waals surface area contributed by atoms with Gasteiger partial charge in [-0.05, 0) is 30.7 Å². The van der Waals surface area contributed by atoms with Crippen LogP contribution >= 0.6 is 0 Å². The number of nitrogens with one attached hydrogen (secondary N) is 2. The lowest BCUT2D eigenvalue weighted by atomic mass is 10.2. The standard InChI is InChI=1S/C25H22N6O2/c32-24(30-26-16-20-14-12-18-6-1-3-8-22(18)28-20)10-5-11-25(33)31-27-17-21-15-13-19-7-2-4-9-23(19)29-21/h1-4,6-9,12-17H,5,10-11H2,(H,30,32)(H,31,33)/b26-16+,27-17?. The number of carbonyl (C=O) groups is 2.